The van der Waals surface area contributed by atoms with Crippen molar-refractivity contribution in [3.05, 3.63) is 53.1 Å². The highest BCUT2D eigenvalue weighted by molar-refractivity contribution is 6.31. The lowest BCUT2D eigenvalue weighted by Crippen LogP contribution is -2.24. The van der Waals surface area contributed by atoms with Gasteiger partial charge < -0.3 is 14.7 Å². The van der Waals surface area contributed by atoms with Crippen molar-refractivity contribution in [2.45, 2.75) is 33.6 Å². The first-order valence-electron chi connectivity index (χ1n) is 9.75. The number of pyridine rings is 1. The fraction of sp³-hybridized carbons (Fsp3) is 0.304. The summed E-state index contributed by atoms with van der Waals surface area (Å²) in [5, 5.41) is 10.8. The Bertz CT molecular complexity index is 1050. The standard InChI is InChI=1S/C23H25ClN2O3/c1-5-26(6-2)22-21(29-23(27)28)20(16-9-7-8-15(12-16)14(3)4)18-13-17(24)10-11-19(18)25-22/h7-14H,5-6H2,1-4H3,(H,27,28). The number of benzene rings is 2. The number of carboxylic acid groups (broad SMARTS) is 1. The minimum atomic E-state index is -1.37. The van der Waals surface area contributed by atoms with E-state index in [1.165, 1.54) is 0 Å². The molecule has 152 valence electrons. The van der Waals surface area contributed by atoms with Crippen molar-refractivity contribution in [3.63, 3.8) is 0 Å². The van der Waals surface area contributed by atoms with Crippen LogP contribution in [-0.4, -0.2) is 29.3 Å². The van der Waals surface area contributed by atoms with E-state index in [1.54, 1.807) is 6.07 Å². The highest BCUT2D eigenvalue weighted by Gasteiger charge is 2.24. The second kappa shape index (κ2) is 8.70. The second-order valence-electron chi connectivity index (χ2n) is 7.12. The molecule has 0 amide bonds. The monoisotopic (exact) mass is 412 g/mol. The Labute approximate surface area is 175 Å². The summed E-state index contributed by atoms with van der Waals surface area (Å²) in [4.78, 5) is 18.3. The Balaban J connectivity index is 2.44. The fourth-order valence-corrected chi connectivity index (χ4v) is 3.64. The molecule has 1 heterocycles. The van der Waals surface area contributed by atoms with E-state index in [0.29, 0.717) is 35.4 Å². The smallest absolute Gasteiger partial charge is 0.449 e. The van der Waals surface area contributed by atoms with Crippen molar-refractivity contribution in [3.8, 4) is 16.9 Å². The lowest BCUT2D eigenvalue weighted by Gasteiger charge is -2.25. The van der Waals surface area contributed by atoms with Gasteiger partial charge in [0.15, 0.2) is 11.6 Å². The van der Waals surface area contributed by atoms with E-state index in [9.17, 15) is 9.90 Å². The van der Waals surface area contributed by atoms with Crippen LogP contribution in [0.5, 0.6) is 5.75 Å². The molecule has 1 aromatic heterocycles. The minimum Gasteiger partial charge on any atom is -0.449 e. The van der Waals surface area contributed by atoms with Crippen LogP contribution in [0.3, 0.4) is 0 Å². The molecule has 0 atom stereocenters. The zero-order valence-electron chi connectivity index (χ0n) is 17.1. The highest BCUT2D eigenvalue weighted by atomic mass is 35.5. The summed E-state index contributed by atoms with van der Waals surface area (Å²) >= 11 is 6.28. The first-order valence-corrected chi connectivity index (χ1v) is 10.1. The SMILES string of the molecule is CCN(CC)c1nc2ccc(Cl)cc2c(-c2cccc(C(C)C)c2)c1OC(=O)O. The number of nitrogens with zero attached hydrogens (tertiary/aromatic N) is 2. The molecule has 0 saturated heterocycles. The molecule has 0 bridgehead atoms. The Morgan fingerprint density at radius 1 is 1.17 bits per heavy atom. The predicted molar refractivity (Wildman–Crippen MR) is 118 cm³/mol. The van der Waals surface area contributed by atoms with Crippen LogP contribution in [0.4, 0.5) is 10.6 Å². The zero-order chi connectivity index (χ0) is 21.1. The average Bonchev–Trinajstić information content (AvgIpc) is 2.69. The molecule has 0 saturated carbocycles. The highest BCUT2D eigenvalue weighted by Crippen LogP contribution is 2.43. The van der Waals surface area contributed by atoms with Crippen LogP contribution in [0.2, 0.25) is 5.02 Å². The van der Waals surface area contributed by atoms with E-state index >= 15 is 0 Å². The average molecular weight is 413 g/mol. The van der Waals surface area contributed by atoms with Gasteiger partial charge in [-0.05, 0) is 49.1 Å². The lowest BCUT2D eigenvalue weighted by atomic mass is 9.94. The number of carbonyl (C=O) groups is 1. The van der Waals surface area contributed by atoms with Crippen molar-refractivity contribution < 1.29 is 14.6 Å². The molecule has 2 aromatic carbocycles. The molecule has 1 N–H and O–H groups in total. The summed E-state index contributed by atoms with van der Waals surface area (Å²) in [6, 6.07) is 13.5. The molecule has 0 aliphatic rings. The third kappa shape index (κ3) is 4.30. The van der Waals surface area contributed by atoms with Crippen LogP contribution in [-0.2, 0) is 0 Å². The van der Waals surface area contributed by atoms with Crippen LogP contribution in [0.1, 0.15) is 39.2 Å². The van der Waals surface area contributed by atoms with Gasteiger partial charge in [-0.3, -0.25) is 0 Å². The molecule has 3 aromatic rings. The molecule has 0 unspecified atom stereocenters. The van der Waals surface area contributed by atoms with Crippen LogP contribution < -0.4 is 9.64 Å². The molecule has 6 heteroatoms. The maximum atomic E-state index is 11.6. The van der Waals surface area contributed by atoms with Gasteiger partial charge in [0, 0.05) is 29.1 Å². The van der Waals surface area contributed by atoms with E-state index in [4.69, 9.17) is 21.3 Å². The van der Waals surface area contributed by atoms with Gasteiger partial charge in [-0.15, -0.1) is 0 Å². The largest absolute Gasteiger partial charge is 0.511 e. The Kier molecular flexibility index (Phi) is 6.28. The van der Waals surface area contributed by atoms with Gasteiger partial charge in [0.25, 0.3) is 0 Å². The van der Waals surface area contributed by atoms with E-state index in [-0.39, 0.29) is 5.75 Å². The van der Waals surface area contributed by atoms with Crippen molar-refractivity contribution in [2.75, 3.05) is 18.0 Å². The molecular formula is C23H25ClN2O3. The molecule has 0 fully saturated rings. The maximum absolute atomic E-state index is 11.6. The molecule has 3 rings (SSSR count). The number of anilines is 1. The number of fused-ring (bicyclic) bond motifs is 1. The quantitative estimate of drug-likeness (QED) is 0.463. The van der Waals surface area contributed by atoms with Gasteiger partial charge in [-0.25, -0.2) is 9.78 Å². The van der Waals surface area contributed by atoms with Crippen molar-refractivity contribution in [1.82, 2.24) is 4.98 Å². The lowest BCUT2D eigenvalue weighted by molar-refractivity contribution is 0.144. The predicted octanol–water partition coefficient (Wildman–Crippen LogP) is 6.58. The molecule has 0 spiro atoms. The Morgan fingerprint density at radius 3 is 2.52 bits per heavy atom. The third-order valence-electron chi connectivity index (χ3n) is 4.98. The van der Waals surface area contributed by atoms with E-state index in [1.807, 2.05) is 43.0 Å². The summed E-state index contributed by atoms with van der Waals surface area (Å²) in [5.41, 5.74) is 3.44. The minimum absolute atomic E-state index is 0.233. The fourth-order valence-electron chi connectivity index (χ4n) is 3.47. The molecular weight excluding hydrogens is 388 g/mol. The summed E-state index contributed by atoms with van der Waals surface area (Å²) < 4.78 is 5.33. The van der Waals surface area contributed by atoms with Crippen LogP contribution in [0.15, 0.2) is 42.5 Å². The third-order valence-corrected chi connectivity index (χ3v) is 5.21. The number of hydrogen-bond donors (Lipinski definition) is 1. The van der Waals surface area contributed by atoms with Gasteiger partial charge in [-0.2, -0.15) is 0 Å². The van der Waals surface area contributed by atoms with Gasteiger partial charge in [0.2, 0.25) is 0 Å². The first kappa shape index (κ1) is 20.9. The summed E-state index contributed by atoms with van der Waals surface area (Å²) in [6.07, 6.45) is -1.37. The maximum Gasteiger partial charge on any atom is 0.511 e. The summed E-state index contributed by atoms with van der Waals surface area (Å²) in [5.74, 6) is 1.08. The van der Waals surface area contributed by atoms with Crippen molar-refractivity contribution in [2.24, 2.45) is 0 Å². The van der Waals surface area contributed by atoms with Crippen molar-refractivity contribution >= 4 is 34.5 Å². The van der Waals surface area contributed by atoms with Crippen LogP contribution in [0, 0.1) is 0 Å². The normalized spacial score (nSPS) is 11.1. The van der Waals surface area contributed by atoms with E-state index < -0.39 is 6.16 Å². The first-order chi connectivity index (χ1) is 13.8. The number of rotatable bonds is 6. The van der Waals surface area contributed by atoms with Crippen molar-refractivity contribution in [1.29, 1.82) is 0 Å². The molecule has 29 heavy (non-hydrogen) atoms. The molecule has 0 aliphatic heterocycles. The van der Waals surface area contributed by atoms with Gasteiger partial charge >= 0.3 is 6.16 Å². The van der Waals surface area contributed by atoms with Crippen LogP contribution in [0.25, 0.3) is 22.0 Å². The van der Waals surface area contributed by atoms with Gasteiger partial charge in [-0.1, -0.05) is 49.7 Å². The molecule has 5 nitrogen and oxygen atoms in total. The topological polar surface area (TPSA) is 62.7 Å². The number of halogens is 1. The van der Waals surface area contributed by atoms with Gasteiger partial charge in [0.05, 0.1) is 5.52 Å². The Morgan fingerprint density at radius 2 is 1.90 bits per heavy atom. The summed E-state index contributed by atoms with van der Waals surface area (Å²) in [6.45, 7) is 9.59. The van der Waals surface area contributed by atoms with Gasteiger partial charge in [0.1, 0.15) is 0 Å². The Hall–Kier alpha value is -2.79. The molecule has 0 aliphatic carbocycles. The van der Waals surface area contributed by atoms with E-state index in [0.717, 1.165) is 22.0 Å². The van der Waals surface area contributed by atoms with Crippen LogP contribution >= 0.6 is 11.6 Å². The zero-order valence-corrected chi connectivity index (χ0v) is 17.8. The second-order valence-corrected chi connectivity index (χ2v) is 7.56. The summed E-state index contributed by atoms with van der Waals surface area (Å²) in [7, 11) is 0. The molecule has 0 radical (unpaired) electrons. The number of ether oxygens (including phenoxy) is 1. The van der Waals surface area contributed by atoms with E-state index in [2.05, 4.69) is 26.0 Å². The number of aromatic nitrogens is 1. The number of hydrogen-bond acceptors (Lipinski definition) is 4.